The van der Waals surface area contributed by atoms with E-state index in [4.69, 9.17) is 0 Å². The summed E-state index contributed by atoms with van der Waals surface area (Å²) >= 11 is 0. The lowest BCUT2D eigenvalue weighted by Gasteiger charge is -2.25. The van der Waals surface area contributed by atoms with Gasteiger partial charge in [-0.25, -0.2) is 4.98 Å². The standard InChI is InChI=1S/C15H27N3/c1-11(2)14(12(3)4)10-18-15-8-13(9-16-5)6-7-17-15/h6-8,11-12,14,16H,9-10H2,1-5H3,(H,17,18). The van der Waals surface area contributed by atoms with Gasteiger partial charge in [-0.15, -0.1) is 0 Å². The van der Waals surface area contributed by atoms with Crippen molar-refractivity contribution in [1.29, 1.82) is 0 Å². The fraction of sp³-hybridized carbons (Fsp3) is 0.667. The lowest BCUT2D eigenvalue weighted by Crippen LogP contribution is -2.24. The maximum atomic E-state index is 4.37. The molecule has 0 spiro atoms. The first kappa shape index (κ1) is 15.0. The van der Waals surface area contributed by atoms with Crippen LogP contribution in [0.2, 0.25) is 0 Å². The fourth-order valence-electron chi connectivity index (χ4n) is 2.35. The summed E-state index contributed by atoms with van der Waals surface area (Å²) in [6.45, 7) is 11.0. The van der Waals surface area contributed by atoms with Crippen molar-refractivity contribution in [3.63, 3.8) is 0 Å². The summed E-state index contributed by atoms with van der Waals surface area (Å²) in [6, 6.07) is 4.16. The van der Waals surface area contributed by atoms with E-state index in [0.29, 0.717) is 17.8 Å². The van der Waals surface area contributed by atoms with Gasteiger partial charge in [0, 0.05) is 19.3 Å². The Bertz CT molecular complexity index is 339. The van der Waals surface area contributed by atoms with Crippen LogP contribution in [-0.4, -0.2) is 18.6 Å². The van der Waals surface area contributed by atoms with Gasteiger partial charge in [0.1, 0.15) is 5.82 Å². The first-order valence-electron chi connectivity index (χ1n) is 6.88. The average Bonchev–Trinajstić information content (AvgIpc) is 2.29. The zero-order valence-corrected chi connectivity index (χ0v) is 12.3. The molecule has 1 rings (SSSR count). The Labute approximate surface area is 111 Å². The molecule has 2 N–H and O–H groups in total. The highest BCUT2D eigenvalue weighted by atomic mass is 15.0. The molecule has 3 nitrogen and oxygen atoms in total. The van der Waals surface area contributed by atoms with Crippen molar-refractivity contribution >= 4 is 5.82 Å². The van der Waals surface area contributed by atoms with E-state index in [1.54, 1.807) is 0 Å². The molecule has 1 aromatic heterocycles. The Morgan fingerprint density at radius 2 is 1.83 bits per heavy atom. The van der Waals surface area contributed by atoms with Crippen molar-refractivity contribution in [2.24, 2.45) is 17.8 Å². The number of hydrogen-bond donors (Lipinski definition) is 2. The normalized spacial score (nSPS) is 11.6. The monoisotopic (exact) mass is 249 g/mol. The second-order valence-electron chi connectivity index (χ2n) is 5.61. The van der Waals surface area contributed by atoms with Crippen molar-refractivity contribution in [3.05, 3.63) is 23.9 Å². The molecule has 0 aliphatic rings. The molecule has 0 atom stereocenters. The second-order valence-corrected chi connectivity index (χ2v) is 5.61. The summed E-state index contributed by atoms with van der Waals surface area (Å²) in [5.74, 6) is 3.05. The minimum atomic E-state index is 0.680. The van der Waals surface area contributed by atoms with E-state index < -0.39 is 0 Å². The summed E-state index contributed by atoms with van der Waals surface area (Å²) in [4.78, 5) is 4.37. The summed E-state index contributed by atoms with van der Waals surface area (Å²) < 4.78 is 0. The zero-order valence-electron chi connectivity index (χ0n) is 12.3. The summed E-state index contributed by atoms with van der Waals surface area (Å²) in [5, 5.41) is 6.62. The molecular weight excluding hydrogens is 222 g/mol. The van der Waals surface area contributed by atoms with Crippen molar-refractivity contribution < 1.29 is 0 Å². The topological polar surface area (TPSA) is 37.0 Å². The van der Waals surface area contributed by atoms with Gasteiger partial charge in [-0.2, -0.15) is 0 Å². The van der Waals surface area contributed by atoms with Gasteiger partial charge in [-0.05, 0) is 42.5 Å². The van der Waals surface area contributed by atoms with E-state index >= 15 is 0 Å². The van der Waals surface area contributed by atoms with E-state index in [9.17, 15) is 0 Å². The van der Waals surface area contributed by atoms with E-state index in [2.05, 4.69) is 49.4 Å². The van der Waals surface area contributed by atoms with Crippen LogP contribution in [0.3, 0.4) is 0 Å². The molecule has 0 fully saturated rings. The summed E-state index contributed by atoms with van der Waals surface area (Å²) in [5.41, 5.74) is 1.26. The maximum absolute atomic E-state index is 4.37. The molecule has 1 aromatic rings. The number of rotatable bonds is 7. The fourth-order valence-corrected chi connectivity index (χ4v) is 2.35. The molecular formula is C15H27N3. The van der Waals surface area contributed by atoms with Crippen molar-refractivity contribution in [2.45, 2.75) is 34.2 Å². The number of anilines is 1. The Balaban J connectivity index is 2.59. The molecule has 18 heavy (non-hydrogen) atoms. The van der Waals surface area contributed by atoms with Gasteiger partial charge in [-0.1, -0.05) is 27.7 Å². The molecule has 0 aliphatic carbocycles. The Morgan fingerprint density at radius 1 is 1.17 bits per heavy atom. The van der Waals surface area contributed by atoms with Crippen LogP contribution in [0.25, 0.3) is 0 Å². The molecule has 0 aromatic carbocycles. The van der Waals surface area contributed by atoms with Gasteiger partial charge in [0.2, 0.25) is 0 Å². The highest BCUT2D eigenvalue weighted by Crippen LogP contribution is 2.21. The molecule has 0 radical (unpaired) electrons. The summed E-state index contributed by atoms with van der Waals surface area (Å²) in [7, 11) is 1.96. The van der Waals surface area contributed by atoms with Gasteiger partial charge in [0.25, 0.3) is 0 Å². The first-order chi connectivity index (χ1) is 8.54. The van der Waals surface area contributed by atoms with Crippen LogP contribution in [0.5, 0.6) is 0 Å². The van der Waals surface area contributed by atoms with Crippen LogP contribution in [0.15, 0.2) is 18.3 Å². The lowest BCUT2D eigenvalue weighted by atomic mass is 9.85. The molecule has 0 unspecified atom stereocenters. The molecule has 1 heterocycles. The van der Waals surface area contributed by atoms with Gasteiger partial charge in [0.05, 0.1) is 0 Å². The predicted octanol–water partition coefficient (Wildman–Crippen LogP) is 3.14. The van der Waals surface area contributed by atoms with E-state index in [-0.39, 0.29) is 0 Å². The second kappa shape index (κ2) is 7.37. The van der Waals surface area contributed by atoms with Crippen LogP contribution >= 0.6 is 0 Å². The Morgan fingerprint density at radius 3 is 2.39 bits per heavy atom. The van der Waals surface area contributed by atoms with Gasteiger partial charge in [0.15, 0.2) is 0 Å². The average molecular weight is 249 g/mol. The third-order valence-corrected chi connectivity index (χ3v) is 3.44. The smallest absolute Gasteiger partial charge is 0.126 e. The molecule has 0 saturated carbocycles. The molecule has 102 valence electrons. The van der Waals surface area contributed by atoms with Gasteiger partial charge < -0.3 is 10.6 Å². The molecule has 0 bridgehead atoms. The number of aromatic nitrogens is 1. The minimum Gasteiger partial charge on any atom is -0.370 e. The molecule has 0 aliphatic heterocycles. The third-order valence-electron chi connectivity index (χ3n) is 3.44. The van der Waals surface area contributed by atoms with Crippen molar-refractivity contribution in [3.8, 4) is 0 Å². The Kier molecular flexibility index (Phi) is 6.13. The van der Waals surface area contributed by atoms with Crippen LogP contribution in [0.4, 0.5) is 5.82 Å². The van der Waals surface area contributed by atoms with Crippen LogP contribution in [-0.2, 0) is 6.54 Å². The molecule has 3 heteroatoms. The van der Waals surface area contributed by atoms with Gasteiger partial charge >= 0.3 is 0 Å². The van der Waals surface area contributed by atoms with Crippen molar-refractivity contribution in [1.82, 2.24) is 10.3 Å². The number of nitrogens with zero attached hydrogens (tertiary/aromatic N) is 1. The van der Waals surface area contributed by atoms with Gasteiger partial charge in [-0.3, -0.25) is 0 Å². The number of hydrogen-bond acceptors (Lipinski definition) is 3. The largest absolute Gasteiger partial charge is 0.370 e. The van der Waals surface area contributed by atoms with E-state index in [1.807, 2.05) is 19.3 Å². The van der Waals surface area contributed by atoms with E-state index in [1.165, 1.54) is 5.56 Å². The zero-order chi connectivity index (χ0) is 13.5. The third kappa shape index (κ3) is 4.65. The van der Waals surface area contributed by atoms with Crippen LogP contribution in [0, 0.1) is 17.8 Å². The highest BCUT2D eigenvalue weighted by molar-refractivity contribution is 5.37. The first-order valence-corrected chi connectivity index (χ1v) is 6.88. The van der Waals surface area contributed by atoms with E-state index in [0.717, 1.165) is 18.9 Å². The van der Waals surface area contributed by atoms with Crippen LogP contribution in [0.1, 0.15) is 33.3 Å². The van der Waals surface area contributed by atoms with Crippen LogP contribution < -0.4 is 10.6 Å². The molecule has 0 saturated heterocycles. The predicted molar refractivity (Wildman–Crippen MR) is 78.7 cm³/mol. The Hall–Kier alpha value is -1.09. The minimum absolute atomic E-state index is 0.680. The van der Waals surface area contributed by atoms with Crippen molar-refractivity contribution in [2.75, 3.05) is 18.9 Å². The molecule has 0 amide bonds. The number of nitrogens with one attached hydrogen (secondary N) is 2. The maximum Gasteiger partial charge on any atom is 0.126 e. The summed E-state index contributed by atoms with van der Waals surface area (Å²) in [6.07, 6.45) is 1.87. The highest BCUT2D eigenvalue weighted by Gasteiger charge is 2.17. The SMILES string of the molecule is CNCc1ccnc(NCC(C(C)C)C(C)C)c1. The lowest BCUT2D eigenvalue weighted by molar-refractivity contribution is 0.304. The quantitative estimate of drug-likeness (QED) is 0.779. The number of pyridine rings is 1.